The third-order valence-corrected chi connectivity index (χ3v) is 6.77. The first-order valence-electron chi connectivity index (χ1n) is 12.9. The van der Waals surface area contributed by atoms with Gasteiger partial charge in [-0.25, -0.2) is 0 Å². The molecule has 0 saturated heterocycles. The quantitative estimate of drug-likeness (QED) is 0.138. The zero-order chi connectivity index (χ0) is 30.5. The Bertz CT molecular complexity index is 1400. The monoisotopic (exact) mass is 637 g/mol. The molecule has 1 aliphatic rings. The number of hydrogen-bond acceptors (Lipinski definition) is 2. The first kappa shape index (κ1) is 32.8. The van der Waals surface area contributed by atoms with Gasteiger partial charge >= 0.3 is 33.0 Å². The van der Waals surface area contributed by atoms with Crippen molar-refractivity contribution >= 4 is 54.3 Å². The Kier molecular flexibility index (Phi) is 9.78. The Morgan fingerprint density at radius 2 is 1.34 bits per heavy atom. The van der Waals surface area contributed by atoms with E-state index in [1.807, 2.05) is 24.3 Å². The molecule has 0 amide bonds. The fraction of sp³-hybridized carbons (Fsp3) is 0.276. The molecule has 1 aliphatic heterocycles. The van der Waals surface area contributed by atoms with E-state index in [1.54, 1.807) is 0 Å². The second-order valence-corrected chi connectivity index (χ2v) is 12.4. The molecule has 41 heavy (non-hydrogen) atoms. The molecular weight excluding hydrogens is 606 g/mol. The van der Waals surface area contributed by atoms with Crippen LogP contribution in [0, 0.1) is 6.92 Å². The van der Waals surface area contributed by atoms with Crippen LogP contribution in [0.4, 0.5) is 42.2 Å². The van der Waals surface area contributed by atoms with Gasteiger partial charge in [-0.1, -0.05) is 34.8 Å². The topological polar surface area (TPSA) is 9.49 Å². The molecule has 0 atom stereocenters. The Labute approximate surface area is 246 Å². The molecule has 0 radical (unpaired) electrons. The summed E-state index contributed by atoms with van der Waals surface area (Å²) in [6.07, 6.45) is 5.58. The summed E-state index contributed by atoms with van der Waals surface area (Å²) in [6, 6.07) is 22.9. The van der Waals surface area contributed by atoms with Gasteiger partial charge in [0, 0.05) is 70.9 Å². The van der Waals surface area contributed by atoms with Gasteiger partial charge in [0.05, 0.1) is 0 Å². The average Bonchev–Trinajstić information content (AvgIpc) is 3.33. The van der Waals surface area contributed by atoms with Crippen LogP contribution in [-0.4, -0.2) is 30.4 Å². The standard InChI is InChI=1S/C29H32Cl2N3.F6P/c1-4-32(27-11-7-25(30)8-12-27)19-23-16-17-34(20-23)29-15-6-22(3)18-24(29)21-33(5-2)28-13-9-26(31)10-14-28;1-7(2,3,4,5)6/h6-15,18-20H,4-5,16-17,21H2,1-3H3;/q+1;-1. The summed E-state index contributed by atoms with van der Waals surface area (Å²) >= 11 is 12.2. The molecule has 0 aliphatic carbocycles. The Hall–Kier alpha value is -2.74. The van der Waals surface area contributed by atoms with Gasteiger partial charge in [-0.3, -0.25) is 0 Å². The van der Waals surface area contributed by atoms with E-state index in [0.717, 1.165) is 48.3 Å². The van der Waals surface area contributed by atoms with Crippen LogP contribution < -0.4 is 9.80 Å². The third kappa shape index (κ3) is 11.6. The molecule has 3 aromatic carbocycles. The van der Waals surface area contributed by atoms with Crippen LogP contribution in [0.15, 0.2) is 78.5 Å². The molecule has 0 fully saturated rings. The van der Waals surface area contributed by atoms with Crippen LogP contribution in [-0.2, 0) is 6.54 Å². The zero-order valence-electron chi connectivity index (χ0n) is 22.9. The summed E-state index contributed by atoms with van der Waals surface area (Å²) in [7, 11) is -10.7. The van der Waals surface area contributed by atoms with Gasteiger partial charge < -0.3 is 9.80 Å². The summed E-state index contributed by atoms with van der Waals surface area (Å²) < 4.78 is 61.6. The number of aryl methyl sites for hydroxylation is 1. The van der Waals surface area contributed by atoms with Crippen LogP contribution in [0.2, 0.25) is 10.0 Å². The van der Waals surface area contributed by atoms with Crippen molar-refractivity contribution in [1.29, 1.82) is 0 Å². The maximum atomic E-state index is 9.87. The Balaban J connectivity index is 0.000000587. The van der Waals surface area contributed by atoms with E-state index in [-0.39, 0.29) is 0 Å². The maximum absolute atomic E-state index is 10.7. The Morgan fingerprint density at radius 3 is 1.85 bits per heavy atom. The summed E-state index contributed by atoms with van der Waals surface area (Å²) in [4.78, 5) is 4.67. The van der Waals surface area contributed by atoms with Crippen molar-refractivity contribution in [3.05, 3.63) is 99.7 Å². The van der Waals surface area contributed by atoms with Gasteiger partial charge in [-0.05, 0) is 75.4 Å². The zero-order valence-corrected chi connectivity index (χ0v) is 25.3. The van der Waals surface area contributed by atoms with Crippen LogP contribution in [0.25, 0.3) is 0 Å². The van der Waals surface area contributed by atoms with Crippen LogP contribution in [0.5, 0.6) is 0 Å². The van der Waals surface area contributed by atoms with E-state index in [1.165, 1.54) is 28.1 Å². The molecule has 0 unspecified atom stereocenters. The van der Waals surface area contributed by atoms with Gasteiger partial charge in [0.1, 0.15) is 0 Å². The number of halogens is 8. The van der Waals surface area contributed by atoms with E-state index >= 15 is 0 Å². The van der Waals surface area contributed by atoms with E-state index in [4.69, 9.17) is 23.2 Å². The minimum atomic E-state index is -10.7. The second-order valence-electron chi connectivity index (χ2n) is 9.62. The summed E-state index contributed by atoms with van der Waals surface area (Å²) in [5, 5.41) is 1.53. The average molecular weight is 638 g/mol. The molecule has 224 valence electrons. The predicted molar refractivity (Wildman–Crippen MR) is 161 cm³/mol. The number of nitrogens with zero attached hydrogens (tertiary/aromatic N) is 3. The van der Waals surface area contributed by atoms with Crippen molar-refractivity contribution in [2.75, 3.05) is 29.4 Å². The van der Waals surface area contributed by atoms with Gasteiger partial charge in [-0.15, -0.1) is 0 Å². The van der Waals surface area contributed by atoms with Crippen LogP contribution in [0.1, 0.15) is 31.4 Å². The molecule has 4 rings (SSSR count). The van der Waals surface area contributed by atoms with Gasteiger partial charge in [0.25, 0.3) is 0 Å². The summed E-state index contributed by atoms with van der Waals surface area (Å²) in [5.74, 6) is 0. The van der Waals surface area contributed by atoms with Crippen molar-refractivity contribution in [2.45, 2.75) is 33.7 Å². The van der Waals surface area contributed by atoms with Crippen molar-refractivity contribution in [2.24, 2.45) is 0 Å². The van der Waals surface area contributed by atoms with Crippen LogP contribution >= 0.6 is 31.0 Å². The van der Waals surface area contributed by atoms with E-state index in [9.17, 15) is 25.2 Å². The summed E-state index contributed by atoms with van der Waals surface area (Å²) in [6.45, 7) is 10.2. The summed E-state index contributed by atoms with van der Waals surface area (Å²) in [5.41, 5.74) is 7.56. The number of rotatable bonds is 8. The first-order chi connectivity index (χ1) is 18.9. The predicted octanol–water partition coefficient (Wildman–Crippen LogP) is 11.2. The fourth-order valence-electron chi connectivity index (χ4n) is 4.41. The van der Waals surface area contributed by atoms with Gasteiger partial charge in [-0.2, -0.15) is 4.58 Å². The van der Waals surface area contributed by atoms with E-state index in [2.05, 4.69) is 90.0 Å². The molecule has 0 saturated carbocycles. The van der Waals surface area contributed by atoms with Gasteiger partial charge in [0.2, 0.25) is 5.69 Å². The third-order valence-electron chi connectivity index (χ3n) is 6.26. The van der Waals surface area contributed by atoms with E-state index < -0.39 is 7.81 Å². The number of anilines is 2. The molecular formula is C29H32Cl2F6N3P. The molecule has 3 nitrogen and oxygen atoms in total. The van der Waals surface area contributed by atoms with Crippen LogP contribution in [0.3, 0.4) is 0 Å². The molecule has 0 aromatic heterocycles. The minimum absolute atomic E-state index is 0.762. The molecule has 12 heteroatoms. The first-order valence-corrected chi connectivity index (χ1v) is 15.7. The van der Waals surface area contributed by atoms with Crippen molar-refractivity contribution in [3.8, 4) is 0 Å². The molecule has 0 N–H and O–H groups in total. The molecule has 0 spiro atoms. The molecule has 0 bridgehead atoms. The fourth-order valence-corrected chi connectivity index (χ4v) is 4.66. The van der Waals surface area contributed by atoms with Crippen molar-refractivity contribution in [1.82, 2.24) is 0 Å². The van der Waals surface area contributed by atoms with E-state index in [0.29, 0.717) is 0 Å². The second kappa shape index (κ2) is 12.2. The van der Waals surface area contributed by atoms with Crippen molar-refractivity contribution < 1.29 is 29.8 Å². The Morgan fingerprint density at radius 1 is 0.805 bits per heavy atom. The normalized spacial score (nSPS) is 15.9. The molecule has 1 heterocycles. The van der Waals surface area contributed by atoms with Crippen molar-refractivity contribution in [3.63, 3.8) is 0 Å². The van der Waals surface area contributed by atoms with Gasteiger partial charge in [0.15, 0.2) is 12.8 Å². The number of benzene rings is 3. The number of hydrogen-bond donors (Lipinski definition) is 0. The SMILES string of the molecule is CCN(/C=C1/C=[N+](c2ccc(C)cc2CN(CC)c2ccc(Cl)cc2)CC1)c1ccc(Cl)cc1.F[P-](F)(F)(F)(F)F. The molecule has 3 aromatic rings.